The van der Waals surface area contributed by atoms with Crippen molar-refractivity contribution in [1.82, 2.24) is 14.9 Å². The van der Waals surface area contributed by atoms with Gasteiger partial charge in [0.15, 0.2) is 0 Å². The lowest BCUT2D eigenvalue weighted by Crippen LogP contribution is -2.54. The van der Waals surface area contributed by atoms with E-state index in [4.69, 9.17) is 0 Å². The van der Waals surface area contributed by atoms with Gasteiger partial charge in [0.05, 0.1) is 5.41 Å². The van der Waals surface area contributed by atoms with E-state index in [0.29, 0.717) is 5.91 Å². The molecule has 1 aromatic carbocycles. The number of benzene rings is 1. The van der Waals surface area contributed by atoms with Crippen LogP contribution < -0.4 is 4.90 Å². The number of aromatic nitrogens is 2. The number of hydrogen-bond acceptors (Lipinski definition) is 4. The fraction of sp³-hybridized carbons (Fsp3) is 0.450. The minimum atomic E-state index is -0.313. The number of amides is 1. The van der Waals surface area contributed by atoms with Crippen molar-refractivity contribution in [3.63, 3.8) is 0 Å². The Labute approximate surface area is 148 Å². The Hall–Kier alpha value is -2.43. The number of piperazine rings is 1. The standard InChI is InChI=1S/C20H24N4O/c25-18(20(9-4-5-10-20)17-7-2-1-3-8-17)23-13-15-24(16-14-23)19-21-11-6-12-22-19/h1-3,6-8,11-12H,4-5,9-10,13-16H2. The Morgan fingerprint density at radius 2 is 1.52 bits per heavy atom. The number of rotatable bonds is 3. The first-order chi connectivity index (χ1) is 12.3. The van der Waals surface area contributed by atoms with Crippen LogP contribution in [0.4, 0.5) is 5.95 Å². The van der Waals surface area contributed by atoms with Crippen molar-refractivity contribution < 1.29 is 4.79 Å². The predicted octanol–water partition coefficient (Wildman–Crippen LogP) is 2.64. The molecule has 1 aromatic heterocycles. The molecular weight excluding hydrogens is 312 g/mol. The first-order valence-electron chi connectivity index (χ1n) is 9.16. The lowest BCUT2D eigenvalue weighted by molar-refractivity contribution is -0.137. The predicted molar refractivity (Wildman–Crippen MR) is 97.4 cm³/mol. The lowest BCUT2D eigenvalue weighted by atomic mass is 9.77. The Bertz CT molecular complexity index is 705. The summed E-state index contributed by atoms with van der Waals surface area (Å²) in [5, 5.41) is 0. The quantitative estimate of drug-likeness (QED) is 0.865. The van der Waals surface area contributed by atoms with Gasteiger partial charge in [0.2, 0.25) is 11.9 Å². The van der Waals surface area contributed by atoms with Crippen molar-refractivity contribution in [2.75, 3.05) is 31.1 Å². The zero-order valence-electron chi connectivity index (χ0n) is 14.5. The number of anilines is 1. The highest BCUT2D eigenvalue weighted by molar-refractivity contribution is 5.89. The summed E-state index contributed by atoms with van der Waals surface area (Å²) in [7, 11) is 0. The zero-order valence-corrected chi connectivity index (χ0v) is 14.5. The summed E-state index contributed by atoms with van der Waals surface area (Å²) in [6.07, 6.45) is 7.75. The molecule has 25 heavy (non-hydrogen) atoms. The Morgan fingerprint density at radius 3 is 2.16 bits per heavy atom. The van der Waals surface area contributed by atoms with E-state index in [9.17, 15) is 4.79 Å². The minimum absolute atomic E-state index is 0.310. The second-order valence-corrected chi connectivity index (χ2v) is 6.98. The van der Waals surface area contributed by atoms with Crippen molar-refractivity contribution >= 4 is 11.9 Å². The van der Waals surface area contributed by atoms with Gasteiger partial charge in [0, 0.05) is 38.6 Å². The smallest absolute Gasteiger partial charge is 0.233 e. The summed E-state index contributed by atoms with van der Waals surface area (Å²) in [5.41, 5.74) is 0.874. The lowest BCUT2D eigenvalue weighted by Gasteiger charge is -2.40. The molecule has 1 aliphatic carbocycles. The highest BCUT2D eigenvalue weighted by Gasteiger charge is 2.45. The molecule has 2 aliphatic rings. The van der Waals surface area contributed by atoms with Crippen LogP contribution in [0.5, 0.6) is 0 Å². The minimum Gasteiger partial charge on any atom is -0.338 e. The summed E-state index contributed by atoms with van der Waals surface area (Å²) in [6.45, 7) is 3.07. The first kappa shape index (κ1) is 16.1. The van der Waals surface area contributed by atoms with Crippen molar-refractivity contribution in [2.45, 2.75) is 31.1 Å². The van der Waals surface area contributed by atoms with E-state index in [2.05, 4.69) is 31.9 Å². The third kappa shape index (κ3) is 2.99. The van der Waals surface area contributed by atoms with Crippen molar-refractivity contribution in [3.05, 3.63) is 54.4 Å². The van der Waals surface area contributed by atoms with Gasteiger partial charge in [-0.15, -0.1) is 0 Å². The number of nitrogens with zero attached hydrogens (tertiary/aromatic N) is 4. The maximum Gasteiger partial charge on any atom is 0.233 e. The van der Waals surface area contributed by atoms with Gasteiger partial charge in [-0.3, -0.25) is 4.79 Å². The molecule has 0 unspecified atom stereocenters. The number of carbonyl (C=O) groups excluding carboxylic acids is 1. The molecule has 0 spiro atoms. The van der Waals surface area contributed by atoms with Gasteiger partial charge < -0.3 is 9.80 Å². The topological polar surface area (TPSA) is 49.3 Å². The van der Waals surface area contributed by atoms with Crippen LogP contribution in [0.15, 0.2) is 48.8 Å². The third-order valence-electron chi connectivity index (χ3n) is 5.59. The molecule has 1 amide bonds. The van der Waals surface area contributed by atoms with Crippen LogP contribution in [0.3, 0.4) is 0 Å². The van der Waals surface area contributed by atoms with Crippen LogP contribution in [0.1, 0.15) is 31.2 Å². The molecule has 1 aliphatic heterocycles. The van der Waals surface area contributed by atoms with Crippen LogP contribution in [-0.2, 0) is 10.2 Å². The molecule has 0 atom stereocenters. The van der Waals surface area contributed by atoms with E-state index in [1.54, 1.807) is 12.4 Å². The SMILES string of the molecule is O=C(N1CCN(c2ncccn2)CC1)C1(c2ccccc2)CCCC1. The molecule has 4 rings (SSSR count). The summed E-state index contributed by atoms with van der Waals surface area (Å²) in [6, 6.07) is 12.2. The van der Waals surface area contributed by atoms with Crippen LogP contribution in [0.2, 0.25) is 0 Å². The molecule has 5 nitrogen and oxygen atoms in total. The second-order valence-electron chi connectivity index (χ2n) is 6.98. The maximum atomic E-state index is 13.4. The van der Waals surface area contributed by atoms with Crippen molar-refractivity contribution in [3.8, 4) is 0 Å². The average molecular weight is 336 g/mol. The summed E-state index contributed by atoms with van der Waals surface area (Å²) in [4.78, 5) is 26.3. The number of hydrogen-bond donors (Lipinski definition) is 0. The maximum absolute atomic E-state index is 13.4. The molecule has 2 heterocycles. The van der Waals surface area contributed by atoms with E-state index in [0.717, 1.165) is 57.8 Å². The van der Waals surface area contributed by atoms with Gasteiger partial charge >= 0.3 is 0 Å². The Balaban J connectivity index is 1.49. The van der Waals surface area contributed by atoms with Crippen molar-refractivity contribution in [2.24, 2.45) is 0 Å². The highest BCUT2D eigenvalue weighted by Crippen LogP contribution is 2.42. The highest BCUT2D eigenvalue weighted by atomic mass is 16.2. The van der Waals surface area contributed by atoms with Gasteiger partial charge in [0.1, 0.15) is 0 Å². The molecular formula is C20H24N4O. The summed E-state index contributed by atoms with van der Waals surface area (Å²) < 4.78 is 0. The van der Waals surface area contributed by atoms with Crippen LogP contribution in [0, 0.1) is 0 Å². The van der Waals surface area contributed by atoms with E-state index >= 15 is 0 Å². The van der Waals surface area contributed by atoms with Gasteiger partial charge in [-0.25, -0.2) is 9.97 Å². The molecule has 1 saturated heterocycles. The molecule has 130 valence electrons. The number of carbonyl (C=O) groups is 1. The molecule has 0 bridgehead atoms. The molecule has 0 N–H and O–H groups in total. The van der Waals surface area contributed by atoms with E-state index < -0.39 is 0 Å². The fourth-order valence-corrected chi connectivity index (χ4v) is 4.23. The zero-order chi connectivity index (χ0) is 17.1. The molecule has 0 radical (unpaired) electrons. The third-order valence-corrected chi connectivity index (χ3v) is 5.59. The monoisotopic (exact) mass is 336 g/mol. The van der Waals surface area contributed by atoms with Crippen LogP contribution in [0.25, 0.3) is 0 Å². The average Bonchev–Trinajstić information content (AvgIpc) is 3.20. The van der Waals surface area contributed by atoms with E-state index in [1.165, 1.54) is 5.56 Å². The van der Waals surface area contributed by atoms with Gasteiger partial charge in [-0.1, -0.05) is 43.2 Å². The normalized spacial score (nSPS) is 19.8. The summed E-state index contributed by atoms with van der Waals surface area (Å²) >= 11 is 0. The molecule has 5 heteroatoms. The van der Waals surface area contributed by atoms with E-state index in [1.807, 2.05) is 24.3 Å². The van der Waals surface area contributed by atoms with Gasteiger partial charge in [0.25, 0.3) is 0 Å². The Morgan fingerprint density at radius 1 is 0.880 bits per heavy atom. The molecule has 2 fully saturated rings. The summed E-state index contributed by atoms with van der Waals surface area (Å²) in [5.74, 6) is 1.07. The van der Waals surface area contributed by atoms with Gasteiger partial charge in [-0.2, -0.15) is 0 Å². The van der Waals surface area contributed by atoms with Crippen molar-refractivity contribution in [1.29, 1.82) is 0 Å². The molecule has 2 aromatic rings. The molecule has 1 saturated carbocycles. The van der Waals surface area contributed by atoms with E-state index in [-0.39, 0.29) is 5.41 Å². The largest absolute Gasteiger partial charge is 0.338 e. The van der Waals surface area contributed by atoms with Crippen LogP contribution >= 0.6 is 0 Å². The van der Waals surface area contributed by atoms with Crippen LogP contribution in [-0.4, -0.2) is 47.0 Å². The Kier molecular flexibility index (Phi) is 4.38. The first-order valence-corrected chi connectivity index (χ1v) is 9.16. The second kappa shape index (κ2) is 6.82. The fourth-order valence-electron chi connectivity index (χ4n) is 4.23. The van der Waals surface area contributed by atoms with Gasteiger partial charge in [-0.05, 0) is 24.5 Å².